The van der Waals surface area contributed by atoms with Gasteiger partial charge in [-0.25, -0.2) is 0 Å². The molecule has 0 bridgehead atoms. The molecular weight excluding hydrogens is 222 g/mol. The Morgan fingerprint density at radius 1 is 1.44 bits per heavy atom. The number of aliphatic hydroxyl groups excluding tert-OH is 1. The topological polar surface area (TPSA) is 32.3 Å². The minimum atomic E-state index is 0.311. The molecule has 1 aromatic carbocycles. The van der Waals surface area contributed by atoms with Crippen LogP contribution in [0.15, 0.2) is 18.2 Å². The number of aliphatic hydroxyl groups is 1. The van der Waals surface area contributed by atoms with Crippen molar-refractivity contribution < 1.29 is 5.11 Å². The van der Waals surface area contributed by atoms with Crippen molar-refractivity contribution in [2.75, 3.05) is 13.2 Å². The van der Waals surface area contributed by atoms with Crippen LogP contribution in [0.1, 0.15) is 48.9 Å². The second kappa shape index (κ2) is 6.35. The number of hydrogen-bond donors (Lipinski definition) is 2. The van der Waals surface area contributed by atoms with Crippen LogP contribution in [-0.2, 0) is 6.42 Å². The first kappa shape index (κ1) is 13.6. The third-order valence-corrected chi connectivity index (χ3v) is 3.96. The Bertz CT molecular complexity index is 389. The van der Waals surface area contributed by atoms with Crippen LogP contribution in [0.3, 0.4) is 0 Å². The second-order valence-corrected chi connectivity index (χ2v) is 5.68. The highest BCUT2D eigenvalue weighted by Gasteiger charge is 2.21. The summed E-state index contributed by atoms with van der Waals surface area (Å²) in [6.07, 6.45) is 4.70. The lowest BCUT2D eigenvalue weighted by atomic mass is 10.0. The molecule has 2 nitrogen and oxygen atoms in total. The Morgan fingerprint density at radius 2 is 2.28 bits per heavy atom. The van der Waals surface area contributed by atoms with E-state index in [2.05, 4.69) is 37.4 Å². The highest BCUT2D eigenvalue weighted by atomic mass is 16.3. The molecule has 18 heavy (non-hydrogen) atoms. The van der Waals surface area contributed by atoms with Gasteiger partial charge in [-0.1, -0.05) is 30.7 Å². The molecule has 1 aliphatic rings. The summed E-state index contributed by atoms with van der Waals surface area (Å²) in [5.74, 6) is 0.435. The van der Waals surface area contributed by atoms with E-state index in [-0.39, 0.29) is 0 Å². The number of aryl methyl sites for hydroxylation is 2. The van der Waals surface area contributed by atoms with E-state index < -0.39 is 0 Å². The molecule has 0 saturated carbocycles. The molecule has 0 heterocycles. The van der Waals surface area contributed by atoms with E-state index in [0.29, 0.717) is 18.6 Å². The van der Waals surface area contributed by atoms with E-state index >= 15 is 0 Å². The Hall–Kier alpha value is -0.860. The maximum atomic E-state index is 8.99. The summed E-state index contributed by atoms with van der Waals surface area (Å²) >= 11 is 0. The van der Waals surface area contributed by atoms with Gasteiger partial charge < -0.3 is 10.4 Å². The van der Waals surface area contributed by atoms with Gasteiger partial charge in [0.1, 0.15) is 0 Å². The van der Waals surface area contributed by atoms with Crippen molar-refractivity contribution in [2.45, 2.75) is 45.6 Å². The first-order chi connectivity index (χ1) is 8.70. The molecule has 0 aliphatic heterocycles. The van der Waals surface area contributed by atoms with Crippen LogP contribution in [0.2, 0.25) is 0 Å². The zero-order valence-electron chi connectivity index (χ0n) is 11.6. The van der Waals surface area contributed by atoms with E-state index in [1.807, 2.05) is 0 Å². The molecule has 2 unspecified atom stereocenters. The molecule has 1 aromatic rings. The zero-order chi connectivity index (χ0) is 13.0. The predicted octanol–water partition coefficient (Wildman–Crippen LogP) is 2.98. The van der Waals surface area contributed by atoms with E-state index in [1.54, 1.807) is 0 Å². The van der Waals surface area contributed by atoms with Crippen molar-refractivity contribution in [1.82, 2.24) is 5.32 Å². The smallest absolute Gasteiger partial charge is 0.0456 e. The summed E-state index contributed by atoms with van der Waals surface area (Å²) in [4.78, 5) is 0. The average Bonchev–Trinajstić information content (AvgIpc) is 2.77. The molecule has 2 N–H and O–H groups in total. The fourth-order valence-corrected chi connectivity index (χ4v) is 2.75. The van der Waals surface area contributed by atoms with Gasteiger partial charge in [0.05, 0.1) is 0 Å². The van der Waals surface area contributed by atoms with Gasteiger partial charge in [0.15, 0.2) is 0 Å². The number of nitrogens with one attached hydrogen (secondary N) is 1. The van der Waals surface area contributed by atoms with Gasteiger partial charge in [-0.05, 0) is 56.2 Å². The predicted molar refractivity (Wildman–Crippen MR) is 75.7 cm³/mol. The van der Waals surface area contributed by atoms with E-state index in [9.17, 15) is 0 Å². The second-order valence-electron chi connectivity index (χ2n) is 5.68. The van der Waals surface area contributed by atoms with Gasteiger partial charge in [0.2, 0.25) is 0 Å². The third kappa shape index (κ3) is 3.33. The zero-order valence-corrected chi connectivity index (χ0v) is 11.6. The van der Waals surface area contributed by atoms with Crippen LogP contribution in [0.4, 0.5) is 0 Å². The normalized spacial score (nSPS) is 19.8. The van der Waals surface area contributed by atoms with Crippen LogP contribution in [0.25, 0.3) is 0 Å². The lowest BCUT2D eigenvalue weighted by molar-refractivity contribution is 0.227. The van der Waals surface area contributed by atoms with Gasteiger partial charge in [0.25, 0.3) is 0 Å². The number of rotatable bonds is 6. The molecule has 100 valence electrons. The van der Waals surface area contributed by atoms with E-state index in [1.165, 1.54) is 29.5 Å². The Kier molecular flexibility index (Phi) is 4.79. The highest BCUT2D eigenvalue weighted by molar-refractivity contribution is 5.37. The van der Waals surface area contributed by atoms with Crippen LogP contribution >= 0.6 is 0 Å². The Balaban J connectivity index is 1.81. The third-order valence-electron chi connectivity index (χ3n) is 3.96. The first-order valence-corrected chi connectivity index (χ1v) is 7.14. The summed E-state index contributed by atoms with van der Waals surface area (Å²) in [5.41, 5.74) is 4.38. The van der Waals surface area contributed by atoms with Gasteiger partial charge in [-0.15, -0.1) is 0 Å². The van der Waals surface area contributed by atoms with Crippen molar-refractivity contribution in [3.8, 4) is 0 Å². The number of fused-ring (bicyclic) bond motifs is 1. The van der Waals surface area contributed by atoms with Crippen molar-refractivity contribution in [2.24, 2.45) is 5.92 Å². The molecule has 0 aromatic heterocycles. The van der Waals surface area contributed by atoms with E-state index in [0.717, 1.165) is 19.4 Å². The number of benzene rings is 1. The molecule has 0 radical (unpaired) electrons. The molecule has 2 atom stereocenters. The quantitative estimate of drug-likeness (QED) is 0.757. The van der Waals surface area contributed by atoms with Crippen molar-refractivity contribution >= 4 is 0 Å². The van der Waals surface area contributed by atoms with Crippen LogP contribution in [-0.4, -0.2) is 18.3 Å². The Labute approximate surface area is 110 Å². The fourth-order valence-electron chi connectivity index (χ4n) is 2.75. The molecular formula is C16H25NO. The lowest BCUT2D eigenvalue weighted by Gasteiger charge is -2.15. The standard InChI is InChI=1S/C16H25NO/c1-12-5-6-14-7-8-16(15(14)10-12)17-9-3-4-13(2)11-18/h5-6,10,13,16-18H,3-4,7-9,11H2,1-2H3. The molecule has 0 amide bonds. The average molecular weight is 247 g/mol. The van der Waals surface area contributed by atoms with Crippen molar-refractivity contribution in [1.29, 1.82) is 0 Å². The molecule has 0 spiro atoms. The monoisotopic (exact) mass is 247 g/mol. The summed E-state index contributed by atoms with van der Waals surface area (Å²) in [6.45, 7) is 5.64. The molecule has 2 rings (SSSR count). The number of hydrogen-bond acceptors (Lipinski definition) is 2. The van der Waals surface area contributed by atoms with Crippen LogP contribution in [0, 0.1) is 12.8 Å². The van der Waals surface area contributed by atoms with Crippen molar-refractivity contribution in [3.63, 3.8) is 0 Å². The first-order valence-electron chi connectivity index (χ1n) is 7.14. The van der Waals surface area contributed by atoms with E-state index in [4.69, 9.17) is 5.11 Å². The van der Waals surface area contributed by atoms with Gasteiger partial charge >= 0.3 is 0 Å². The van der Waals surface area contributed by atoms with Crippen LogP contribution in [0.5, 0.6) is 0 Å². The maximum Gasteiger partial charge on any atom is 0.0456 e. The van der Waals surface area contributed by atoms with Gasteiger partial charge in [-0.3, -0.25) is 0 Å². The summed E-state index contributed by atoms with van der Waals surface area (Å²) in [5, 5.41) is 12.6. The Morgan fingerprint density at radius 3 is 3.06 bits per heavy atom. The molecule has 2 heteroatoms. The molecule has 0 saturated heterocycles. The largest absolute Gasteiger partial charge is 0.396 e. The minimum absolute atomic E-state index is 0.311. The van der Waals surface area contributed by atoms with Crippen molar-refractivity contribution in [3.05, 3.63) is 34.9 Å². The SMILES string of the molecule is Cc1ccc2c(c1)C(NCCCC(C)CO)CC2. The summed E-state index contributed by atoms with van der Waals surface area (Å²) < 4.78 is 0. The van der Waals surface area contributed by atoms with Gasteiger partial charge in [-0.2, -0.15) is 0 Å². The summed E-state index contributed by atoms with van der Waals surface area (Å²) in [7, 11) is 0. The molecule has 1 aliphatic carbocycles. The lowest BCUT2D eigenvalue weighted by Crippen LogP contribution is -2.21. The minimum Gasteiger partial charge on any atom is -0.396 e. The fraction of sp³-hybridized carbons (Fsp3) is 0.625. The van der Waals surface area contributed by atoms with Gasteiger partial charge in [0, 0.05) is 12.6 Å². The molecule has 0 fully saturated rings. The highest BCUT2D eigenvalue weighted by Crippen LogP contribution is 2.31. The maximum absolute atomic E-state index is 8.99. The van der Waals surface area contributed by atoms with Crippen LogP contribution < -0.4 is 5.32 Å². The summed E-state index contributed by atoms with van der Waals surface area (Å²) in [6, 6.07) is 7.37.